The summed E-state index contributed by atoms with van der Waals surface area (Å²) in [6.45, 7) is 5.24. The summed E-state index contributed by atoms with van der Waals surface area (Å²) < 4.78 is 13.2. The number of aliphatic hydroxyl groups excluding tert-OH is 1. The topological polar surface area (TPSA) is 122 Å². The molecule has 0 bridgehead atoms. The molecule has 0 saturated heterocycles. The van der Waals surface area contributed by atoms with Gasteiger partial charge in [0, 0.05) is 50.8 Å². The third-order valence-electron chi connectivity index (χ3n) is 6.26. The van der Waals surface area contributed by atoms with Crippen molar-refractivity contribution < 1.29 is 24.2 Å². The number of anilines is 1. The molecular weight excluding hydrogens is 452 g/mol. The van der Waals surface area contributed by atoms with Gasteiger partial charge in [0.15, 0.2) is 0 Å². The Bertz CT molecular complexity index is 983. The summed E-state index contributed by atoms with van der Waals surface area (Å²) in [5.41, 5.74) is 1.44. The maximum atomic E-state index is 13.0. The molecule has 1 aromatic carbocycles. The average Bonchev–Trinajstić information content (AvgIpc) is 3.30. The molecule has 1 aromatic heterocycles. The number of fused-ring (bicyclic) bond motifs is 1. The molecule has 1 aliphatic heterocycles. The second-order valence-electron chi connectivity index (χ2n) is 9.00. The molecule has 0 unspecified atom stereocenters. The number of ether oxygens (including phenoxy) is 2. The number of methoxy groups -OCH3 is 1. The second-order valence-corrected chi connectivity index (χ2v) is 9.00. The summed E-state index contributed by atoms with van der Waals surface area (Å²) in [6, 6.07) is 6.54. The maximum Gasteiger partial charge on any atom is 0.321 e. The molecular formula is C24H36N6O5. The zero-order valence-electron chi connectivity index (χ0n) is 20.9. The van der Waals surface area contributed by atoms with Crippen molar-refractivity contribution in [3.63, 3.8) is 0 Å². The molecule has 3 atom stereocenters. The normalized spacial score (nSPS) is 20.3. The Morgan fingerprint density at radius 3 is 2.97 bits per heavy atom. The first-order valence-corrected chi connectivity index (χ1v) is 11.9. The van der Waals surface area contributed by atoms with Gasteiger partial charge in [-0.15, -0.1) is 5.10 Å². The van der Waals surface area contributed by atoms with Crippen LogP contribution in [0.5, 0.6) is 5.75 Å². The van der Waals surface area contributed by atoms with E-state index in [4.69, 9.17) is 9.47 Å². The minimum absolute atomic E-state index is 0.0245. The number of aromatic nitrogens is 3. The van der Waals surface area contributed by atoms with Crippen molar-refractivity contribution in [2.75, 3.05) is 39.2 Å². The lowest BCUT2D eigenvalue weighted by Crippen LogP contribution is -2.48. The number of hydrogen-bond acceptors (Lipinski definition) is 7. The number of amides is 3. The standard InChI is InChI=1S/C24H36N6O5/c1-17-13-29(18(2)15-31)23(32)9-6-10-30-20(12-25-27-30)16-35-22(17)14-28(3)24(33)26-19-7-5-8-21(11-19)34-4/h5,7-8,11-12,17-18,22,31H,6,9-10,13-16H2,1-4H3,(H,26,33)/t17-,18-,22-/m1/s1. The van der Waals surface area contributed by atoms with Crippen molar-refractivity contribution in [2.24, 2.45) is 5.92 Å². The number of carbonyl (C=O) groups excluding carboxylic acids is 2. The molecule has 0 radical (unpaired) electrons. The second kappa shape index (κ2) is 12.5. The lowest BCUT2D eigenvalue weighted by atomic mass is 10.0. The van der Waals surface area contributed by atoms with Crippen LogP contribution in [0.4, 0.5) is 10.5 Å². The van der Waals surface area contributed by atoms with Gasteiger partial charge in [-0.25, -0.2) is 9.48 Å². The highest BCUT2D eigenvalue weighted by Crippen LogP contribution is 2.20. The van der Waals surface area contributed by atoms with Crippen molar-refractivity contribution in [3.8, 4) is 5.75 Å². The van der Waals surface area contributed by atoms with Crippen molar-refractivity contribution in [3.05, 3.63) is 36.2 Å². The fourth-order valence-corrected chi connectivity index (χ4v) is 4.02. The molecule has 11 heteroatoms. The van der Waals surface area contributed by atoms with E-state index in [9.17, 15) is 14.7 Å². The van der Waals surface area contributed by atoms with Gasteiger partial charge in [-0.2, -0.15) is 0 Å². The zero-order valence-corrected chi connectivity index (χ0v) is 20.9. The van der Waals surface area contributed by atoms with Gasteiger partial charge in [0.2, 0.25) is 5.91 Å². The molecule has 2 N–H and O–H groups in total. The minimum Gasteiger partial charge on any atom is -0.497 e. The van der Waals surface area contributed by atoms with Crippen LogP contribution in [0, 0.1) is 5.92 Å². The molecule has 0 spiro atoms. The Balaban J connectivity index is 1.76. The monoisotopic (exact) mass is 488 g/mol. The van der Waals surface area contributed by atoms with Crippen LogP contribution < -0.4 is 10.1 Å². The van der Waals surface area contributed by atoms with E-state index < -0.39 is 0 Å². The lowest BCUT2D eigenvalue weighted by molar-refractivity contribution is -0.136. The van der Waals surface area contributed by atoms with Crippen LogP contribution in [-0.2, 0) is 22.7 Å². The summed E-state index contributed by atoms with van der Waals surface area (Å²) >= 11 is 0. The number of nitrogens with one attached hydrogen (secondary N) is 1. The number of aliphatic hydroxyl groups is 1. The first-order chi connectivity index (χ1) is 16.8. The maximum absolute atomic E-state index is 13.0. The Morgan fingerprint density at radius 2 is 2.23 bits per heavy atom. The van der Waals surface area contributed by atoms with E-state index in [1.165, 1.54) is 0 Å². The zero-order chi connectivity index (χ0) is 25.4. The number of likely N-dealkylation sites (N-methyl/N-ethyl adjacent to an activating group) is 1. The number of urea groups is 1. The van der Waals surface area contributed by atoms with Gasteiger partial charge in [0.05, 0.1) is 44.4 Å². The van der Waals surface area contributed by atoms with Crippen LogP contribution in [0.3, 0.4) is 0 Å². The lowest BCUT2D eigenvalue weighted by Gasteiger charge is -2.35. The predicted molar refractivity (Wildman–Crippen MR) is 130 cm³/mol. The van der Waals surface area contributed by atoms with Gasteiger partial charge in [0.25, 0.3) is 0 Å². The summed E-state index contributed by atoms with van der Waals surface area (Å²) in [7, 11) is 3.27. The number of carbonyl (C=O) groups is 2. The average molecular weight is 489 g/mol. The summed E-state index contributed by atoms with van der Waals surface area (Å²) in [6.07, 6.45) is 2.26. The Morgan fingerprint density at radius 1 is 1.43 bits per heavy atom. The van der Waals surface area contributed by atoms with Crippen molar-refractivity contribution in [1.82, 2.24) is 24.8 Å². The fraction of sp³-hybridized carbons (Fsp3) is 0.583. The van der Waals surface area contributed by atoms with Crippen LogP contribution in [-0.4, -0.2) is 87.8 Å². The third-order valence-corrected chi connectivity index (χ3v) is 6.26. The van der Waals surface area contributed by atoms with Crippen LogP contribution in [0.25, 0.3) is 0 Å². The summed E-state index contributed by atoms with van der Waals surface area (Å²) in [5.74, 6) is 0.516. The molecule has 35 heavy (non-hydrogen) atoms. The number of nitrogens with zero attached hydrogens (tertiary/aromatic N) is 5. The third kappa shape index (κ3) is 7.15. The Labute approximate surface area is 206 Å². The van der Waals surface area contributed by atoms with Gasteiger partial charge in [0.1, 0.15) is 5.75 Å². The number of aryl methyl sites for hydroxylation is 1. The van der Waals surface area contributed by atoms with Crippen LogP contribution >= 0.6 is 0 Å². The number of hydrogen-bond donors (Lipinski definition) is 2. The summed E-state index contributed by atoms with van der Waals surface area (Å²) in [5, 5.41) is 20.7. The molecule has 1 aliphatic rings. The van der Waals surface area contributed by atoms with Gasteiger partial charge < -0.3 is 29.7 Å². The highest BCUT2D eigenvalue weighted by Gasteiger charge is 2.29. The Kier molecular flexibility index (Phi) is 9.44. The summed E-state index contributed by atoms with van der Waals surface area (Å²) in [4.78, 5) is 29.1. The number of rotatable bonds is 6. The van der Waals surface area contributed by atoms with E-state index in [0.29, 0.717) is 43.9 Å². The van der Waals surface area contributed by atoms with E-state index >= 15 is 0 Å². The van der Waals surface area contributed by atoms with Crippen molar-refractivity contribution in [1.29, 1.82) is 0 Å². The fourth-order valence-electron chi connectivity index (χ4n) is 4.02. The quantitative estimate of drug-likeness (QED) is 0.637. The molecule has 11 nitrogen and oxygen atoms in total. The predicted octanol–water partition coefficient (Wildman–Crippen LogP) is 1.98. The molecule has 3 amide bonds. The van der Waals surface area contributed by atoms with Crippen LogP contribution in [0.2, 0.25) is 0 Å². The highest BCUT2D eigenvalue weighted by atomic mass is 16.5. The van der Waals surface area contributed by atoms with Gasteiger partial charge in [-0.3, -0.25) is 4.79 Å². The van der Waals surface area contributed by atoms with E-state index in [-0.39, 0.29) is 43.2 Å². The first kappa shape index (κ1) is 26.4. The van der Waals surface area contributed by atoms with E-state index in [1.54, 1.807) is 59.1 Å². The SMILES string of the molecule is COc1cccc(NC(=O)N(C)C[C@H]2OCc3cnnn3CCCC(=O)N([C@H](C)CO)C[C@H]2C)c1. The molecule has 3 rings (SSSR count). The van der Waals surface area contributed by atoms with Crippen LogP contribution in [0.1, 0.15) is 32.4 Å². The van der Waals surface area contributed by atoms with Crippen LogP contribution in [0.15, 0.2) is 30.5 Å². The Hall–Kier alpha value is -3.18. The van der Waals surface area contributed by atoms with E-state index in [2.05, 4.69) is 15.6 Å². The van der Waals surface area contributed by atoms with E-state index in [0.717, 1.165) is 5.69 Å². The largest absolute Gasteiger partial charge is 0.497 e. The van der Waals surface area contributed by atoms with Gasteiger partial charge in [-0.1, -0.05) is 18.2 Å². The molecule has 192 valence electrons. The smallest absolute Gasteiger partial charge is 0.321 e. The number of benzene rings is 1. The first-order valence-electron chi connectivity index (χ1n) is 11.9. The minimum atomic E-state index is -0.375. The van der Waals surface area contributed by atoms with Crippen molar-refractivity contribution >= 4 is 17.6 Å². The van der Waals surface area contributed by atoms with Gasteiger partial charge >= 0.3 is 6.03 Å². The van der Waals surface area contributed by atoms with Crippen molar-refractivity contribution in [2.45, 2.75) is 52.0 Å². The van der Waals surface area contributed by atoms with Gasteiger partial charge in [-0.05, 0) is 25.5 Å². The molecule has 0 aliphatic carbocycles. The molecule has 0 fully saturated rings. The highest BCUT2D eigenvalue weighted by molar-refractivity contribution is 5.89. The molecule has 2 heterocycles. The van der Waals surface area contributed by atoms with E-state index in [1.807, 2.05) is 13.8 Å². The molecule has 2 aromatic rings. The molecule has 0 saturated carbocycles.